The average Bonchev–Trinajstić information content (AvgIpc) is 2.77. The van der Waals surface area contributed by atoms with Crippen LogP contribution in [-0.4, -0.2) is 19.2 Å². The van der Waals surface area contributed by atoms with E-state index < -0.39 is 0 Å². The summed E-state index contributed by atoms with van der Waals surface area (Å²) in [5.74, 6) is -0.0941. The Morgan fingerprint density at radius 2 is 1.95 bits per heavy atom. The lowest BCUT2D eigenvalue weighted by molar-refractivity contribution is -0.107. The van der Waals surface area contributed by atoms with Crippen molar-refractivity contribution in [1.29, 1.82) is 0 Å². The van der Waals surface area contributed by atoms with Crippen LogP contribution in [0.15, 0.2) is 29.6 Å². The molecule has 0 N–H and O–H groups in total. The van der Waals surface area contributed by atoms with Crippen molar-refractivity contribution in [2.24, 2.45) is 0 Å². The maximum Gasteiger partial charge on any atom is 0.213 e. The highest BCUT2D eigenvalue weighted by atomic mass is 35.5. The molecule has 2 aromatic rings. The lowest BCUT2D eigenvalue weighted by atomic mass is 10.1. The Balaban J connectivity index is 2.30. The zero-order chi connectivity index (χ0) is 14.0. The van der Waals surface area contributed by atoms with Gasteiger partial charge in [-0.25, -0.2) is 0 Å². The van der Waals surface area contributed by atoms with Crippen LogP contribution in [0.2, 0.25) is 5.02 Å². The van der Waals surface area contributed by atoms with Gasteiger partial charge < -0.3 is 4.90 Å². The molecule has 0 saturated carbocycles. The monoisotopic (exact) mass is 293 g/mol. The Morgan fingerprint density at radius 3 is 2.42 bits per heavy atom. The second kappa shape index (κ2) is 5.55. The Bertz CT molecular complexity index is 619. The first-order valence-corrected chi connectivity index (χ1v) is 6.87. The SMILES string of the molecule is Cc1csc(C(=O)c2ccc(N(C)C=O)cc2)c1Cl. The summed E-state index contributed by atoms with van der Waals surface area (Å²) < 4.78 is 0. The Kier molecular flexibility index (Phi) is 4.02. The number of thiophene rings is 1. The average molecular weight is 294 g/mol. The summed E-state index contributed by atoms with van der Waals surface area (Å²) in [6, 6.07) is 6.86. The number of aryl methyl sites for hydroxylation is 1. The maximum atomic E-state index is 12.3. The van der Waals surface area contributed by atoms with Crippen LogP contribution < -0.4 is 4.90 Å². The normalized spacial score (nSPS) is 10.3. The van der Waals surface area contributed by atoms with Crippen molar-refractivity contribution in [2.45, 2.75) is 6.92 Å². The van der Waals surface area contributed by atoms with Crippen LogP contribution in [0.25, 0.3) is 0 Å². The fourth-order valence-electron chi connectivity index (χ4n) is 1.62. The molecular formula is C14H12ClNO2S. The molecule has 0 aliphatic heterocycles. The molecule has 2 rings (SSSR count). The van der Waals surface area contributed by atoms with Gasteiger partial charge in [-0.05, 0) is 42.1 Å². The number of anilines is 1. The fraction of sp³-hybridized carbons (Fsp3) is 0.143. The topological polar surface area (TPSA) is 37.4 Å². The molecule has 1 aromatic carbocycles. The molecule has 1 amide bonds. The lowest BCUT2D eigenvalue weighted by Crippen LogP contribution is -2.13. The van der Waals surface area contributed by atoms with Gasteiger partial charge in [0.05, 0.1) is 9.90 Å². The minimum Gasteiger partial charge on any atom is -0.318 e. The molecule has 0 radical (unpaired) electrons. The minimum atomic E-state index is -0.0941. The number of carbonyl (C=O) groups is 2. The molecule has 98 valence electrons. The summed E-state index contributed by atoms with van der Waals surface area (Å²) in [5, 5.41) is 2.38. The van der Waals surface area contributed by atoms with E-state index in [1.807, 2.05) is 12.3 Å². The Hall–Kier alpha value is -1.65. The second-order valence-electron chi connectivity index (χ2n) is 4.15. The first-order chi connectivity index (χ1) is 9.04. The van der Waals surface area contributed by atoms with Crippen LogP contribution in [0.5, 0.6) is 0 Å². The summed E-state index contributed by atoms with van der Waals surface area (Å²) in [5.41, 5.74) is 2.21. The van der Waals surface area contributed by atoms with Gasteiger partial charge >= 0.3 is 0 Å². The molecule has 0 aliphatic rings. The Labute approximate surface area is 120 Å². The number of halogens is 1. The zero-order valence-electron chi connectivity index (χ0n) is 10.5. The van der Waals surface area contributed by atoms with E-state index in [0.29, 0.717) is 15.5 Å². The van der Waals surface area contributed by atoms with E-state index in [2.05, 4.69) is 0 Å². The molecule has 0 saturated heterocycles. The lowest BCUT2D eigenvalue weighted by Gasteiger charge is -2.10. The summed E-state index contributed by atoms with van der Waals surface area (Å²) in [4.78, 5) is 24.9. The molecular weight excluding hydrogens is 282 g/mol. The number of rotatable bonds is 4. The highest BCUT2D eigenvalue weighted by Crippen LogP contribution is 2.29. The van der Waals surface area contributed by atoms with E-state index in [-0.39, 0.29) is 5.78 Å². The number of nitrogens with zero attached hydrogens (tertiary/aromatic N) is 1. The highest BCUT2D eigenvalue weighted by Gasteiger charge is 2.16. The van der Waals surface area contributed by atoms with E-state index >= 15 is 0 Å². The van der Waals surface area contributed by atoms with Crippen LogP contribution in [-0.2, 0) is 4.79 Å². The number of hydrogen-bond donors (Lipinski definition) is 0. The van der Waals surface area contributed by atoms with Crippen molar-refractivity contribution < 1.29 is 9.59 Å². The van der Waals surface area contributed by atoms with Gasteiger partial charge in [0.1, 0.15) is 0 Å². The molecule has 19 heavy (non-hydrogen) atoms. The van der Waals surface area contributed by atoms with Gasteiger partial charge in [0, 0.05) is 18.3 Å². The molecule has 0 atom stereocenters. The van der Waals surface area contributed by atoms with Gasteiger partial charge in [-0.2, -0.15) is 0 Å². The van der Waals surface area contributed by atoms with Gasteiger partial charge in [0.2, 0.25) is 12.2 Å². The number of amides is 1. The third-order valence-electron chi connectivity index (χ3n) is 2.80. The summed E-state index contributed by atoms with van der Waals surface area (Å²) >= 11 is 7.44. The first-order valence-electron chi connectivity index (χ1n) is 5.61. The fourth-order valence-corrected chi connectivity index (χ4v) is 2.86. The van der Waals surface area contributed by atoms with E-state index in [1.165, 1.54) is 16.2 Å². The van der Waals surface area contributed by atoms with Crippen LogP contribution >= 0.6 is 22.9 Å². The van der Waals surface area contributed by atoms with Gasteiger partial charge in [0.25, 0.3) is 0 Å². The molecule has 5 heteroatoms. The van der Waals surface area contributed by atoms with Crippen LogP contribution in [0.3, 0.4) is 0 Å². The summed E-state index contributed by atoms with van der Waals surface area (Å²) in [6.45, 7) is 1.87. The number of hydrogen-bond acceptors (Lipinski definition) is 3. The summed E-state index contributed by atoms with van der Waals surface area (Å²) in [6.07, 6.45) is 0.719. The molecule has 0 spiro atoms. The number of ketones is 1. The van der Waals surface area contributed by atoms with Crippen LogP contribution in [0.1, 0.15) is 20.8 Å². The zero-order valence-corrected chi connectivity index (χ0v) is 12.1. The van der Waals surface area contributed by atoms with Crippen molar-refractivity contribution >= 4 is 40.8 Å². The van der Waals surface area contributed by atoms with E-state index in [0.717, 1.165) is 17.7 Å². The number of benzene rings is 1. The van der Waals surface area contributed by atoms with Crippen molar-refractivity contribution in [3.8, 4) is 0 Å². The minimum absolute atomic E-state index is 0.0941. The predicted octanol–water partition coefficient (Wildman–Crippen LogP) is 3.53. The molecule has 3 nitrogen and oxygen atoms in total. The molecule has 1 heterocycles. The van der Waals surface area contributed by atoms with Gasteiger partial charge in [-0.1, -0.05) is 11.6 Å². The molecule has 0 aliphatic carbocycles. The van der Waals surface area contributed by atoms with Crippen molar-refractivity contribution in [3.63, 3.8) is 0 Å². The van der Waals surface area contributed by atoms with Gasteiger partial charge in [-0.15, -0.1) is 11.3 Å². The predicted molar refractivity (Wildman–Crippen MR) is 78.4 cm³/mol. The van der Waals surface area contributed by atoms with E-state index in [1.54, 1.807) is 31.3 Å². The van der Waals surface area contributed by atoms with Crippen LogP contribution in [0, 0.1) is 6.92 Å². The molecule has 1 aromatic heterocycles. The number of carbonyl (C=O) groups excluding carboxylic acids is 2. The van der Waals surface area contributed by atoms with E-state index in [9.17, 15) is 9.59 Å². The second-order valence-corrected chi connectivity index (χ2v) is 5.41. The largest absolute Gasteiger partial charge is 0.318 e. The first kappa shape index (κ1) is 13.8. The maximum absolute atomic E-state index is 12.3. The van der Waals surface area contributed by atoms with Gasteiger partial charge in [-0.3, -0.25) is 9.59 Å². The molecule has 0 unspecified atom stereocenters. The molecule has 0 fully saturated rings. The van der Waals surface area contributed by atoms with Crippen molar-refractivity contribution in [2.75, 3.05) is 11.9 Å². The van der Waals surface area contributed by atoms with E-state index in [4.69, 9.17) is 11.6 Å². The standard InChI is InChI=1S/C14H12ClNO2S/c1-9-7-19-14(12(9)15)13(18)10-3-5-11(6-4-10)16(2)8-17/h3-8H,1-2H3. The van der Waals surface area contributed by atoms with Crippen LogP contribution in [0.4, 0.5) is 5.69 Å². The highest BCUT2D eigenvalue weighted by molar-refractivity contribution is 7.13. The third kappa shape index (κ3) is 2.69. The third-order valence-corrected chi connectivity index (χ3v) is 4.50. The summed E-state index contributed by atoms with van der Waals surface area (Å²) in [7, 11) is 1.66. The van der Waals surface area contributed by atoms with Crippen molar-refractivity contribution in [1.82, 2.24) is 0 Å². The quantitative estimate of drug-likeness (QED) is 0.639. The smallest absolute Gasteiger partial charge is 0.213 e. The van der Waals surface area contributed by atoms with Crippen molar-refractivity contribution in [3.05, 3.63) is 50.7 Å². The molecule has 0 bridgehead atoms. The Morgan fingerprint density at radius 1 is 1.32 bits per heavy atom. The van der Waals surface area contributed by atoms with Gasteiger partial charge in [0.15, 0.2) is 0 Å².